The van der Waals surface area contributed by atoms with E-state index >= 15 is 0 Å². The van der Waals surface area contributed by atoms with Crippen molar-refractivity contribution in [1.29, 1.82) is 0 Å². The van der Waals surface area contributed by atoms with Crippen LogP contribution >= 0.6 is 0 Å². The van der Waals surface area contributed by atoms with Gasteiger partial charge in [0.2, 0.25) is 0 Å². The Morgan fingerprint density at radius 1 is 0.524 bits per heavy atom. The topological polar surface area (TPSA) is 0 Å². The highest BCUT2D eigenvalue weighted by Crippen LogP contribution is 2.02. The molecular formula is C21H19-. The van der Waals surface area contributed by atoms with Crippen molar-refractivity contribution in [1.82, 2.24) is 0 Å². The Hall–Kier alpha value is -2.73. The summed E-state index contributed by atoms with van der Waals surface area (Å²) in [7, 11) is 0. The molecule has 0 heterocycles. The maximum atomic E-state index is 2.09. The molecule has 0 aromatic heterocycles. The number of benzene rings is 2. The van der Waals surface area contributed by atoms with E-state index in [0.29, 0.717) is 0 Å². The third kappa shape index (κ3) is 6.31. The second kappa shape index (κ2) is 9.22. The van der Waals surface area contributed by atoms with Crippen LogP contribution in [0.2, 0.25) is 0 Å². The molecule has 0 radical (unpaired) electrons. The van der Waals surface area contributed by atoms with Gasteiger partial charge < -0.3 is 0 Å². The van der Waals surface area contributed by atoms with Crippen LogP contribution in [-0.4, -0.2) is 0 Å². The van der Waals surface area contributed by atoms with Crippen LogP contribution in [0, 0.1) is 6.42 Å². The highest BCUT2D eigenvalue weighted by molar-refractivity contribution is 5.51. The van der Waals surface area contributed by atoms with Gasteiger partial charge in [0.05, 0.1) is 0 Å². The van der Waals surface area contributed by atoms with Crippen LogP contribution in [0.1, 0.15) is 11.1 Å². The lowest BCUT2D eigenvalue weighted by atomic mass is 10.2. The van der Waals surface area contributed by atoms with Crippen LogP contribution < -0.4 is 0 Å². The standard InChI is InChI=1S/C21H19/c1(2-4-8-14-20-16-10-6-11-17-20)3-5-9-15-21-18-12-7-13-19-21/h1-19H/q-1/b2-1+,5-3+,14-8+,15-9+. The number of hydrogen-bond donors (Lipinski definition) is 0. The molecule has 0 N–H and O–H groups in total. The van der Waals surface area contributed by atoms with E-state index in [0.717, 1.165) is 0 Å². The molecule has 0 spiro atoms. The van der Waals surface area contributed by atoms with Crippen molar-refractivity contribution in [3.8, 4) is 0 Å². The van der Waals surface area contributed by atoms with Crippen LogP contribution in [0.15, 0.2) is 97.1 Å². The predicted octanol–water partition coefficient (Wildman–Crippen LogP) is 5.73. The Morgan fingerprint density at radius 3 is 1.76 bits per heavy atom. The fourth-order valence-corrected chi connectivity index (χ4v) is 1.78. The van der Waals surface area contributed by atoms with Gasteiger partial charge in [-0.2, -0.15) is 30.7 Å². The average Bonchev–Trinajstić information content (AvgIpc) is 2.55. The third-order valence-electron chi connectivity index (χ3n) is 2.84. The minimum absolute atomic E-state index is 1.21. The molecule has 0 atom stereocenters. The molecule has 0 amide bonds. The molecule has 21 heavy (non-hydrogen) atoms. The normalized spacial score (nSPS) is 12.0. The minimum Gasteiger partial charge on any atom is -0.172 e. The first kappa shape index (κ1) is 14.7. The van der Waals surface area contributed by atoms with Gasteiger partial charge in [-0.3, -0.25) is 0 Å². The zero-order chi connectivity index (χ0) is 14.6. The van der Waals surface area contributed by atoms with Gasteiger partial charge in [-0.05, 0) is 5.56 Å². The molecule has 0 unspecified atom stereocenters. The van der Waals surface area contributed by atoms with Gasteiger partial charge in [-0.1, -0.05) is 84.5 Å². The van der Waals surface area contributed by atoms with Crippen molar-refractivity contribution in [3.05, 3.63) is 115 Å². The van der Waals surface area contributed by atoms with E-state index < -0.39 is 0 Å². The lowest BCUT2D eigenvalue weighted by Crippen LogP contribution is -1.68. The van der Waals surface area contributed by atoms with Crippen molar-refractivity contribution in [2.24, 2.45) is 0 Å². The molecule has 0 bridgehead atoms. The highest BCUT2D eigenvalue weighted by Gasteiger charge is 1.79. The second-order valence-corrected chi connectivity index (χ2v) is 4.50. The zero-order valence-corrected chi connectivity index (χ0v) is 12.0. The molecule has 2 aromatic rings. The van der Waals surface area contributed by atoms with Crippen molar-refractivity contribution in [3.63, 3.8) is 0 Å². The minimum atomic E-state index is 1.21. The maximum Gasteiger partial charge on any atom is -0.0257 e. The Morgan fingerprint density at radius 2 is 1.10 bits per heavy atom. The molecule has 0 saturated carbocycles. The Balaban J connectivity index is 1.69. The van der Waals surface area contributed by atoms with E-state index in [1.54, 1.807) is 0 Å². The molecule has 0 fully saturated rings. The maximum absolute atomic E-state index is 2.09. The molecule has 104 valence electrons. The van der Waals surface area contributed by atoms with Crippen LogP contribution in [0.25, 0.3) is 12.2 Å². The Kier molecular flexibility index (Phi) is 6.44. The first-order valence-electron chi connectivity index (χ1n) is 7.07. The van der Waals surface area contributed by atoms with Crippen LogP contribution in [0.4, 0.5) is 0 Å². The summed E-state index contributed by atoms with van der Waals surface area (Å²) in [5.41, 5.74) is 2.42. The lowest BCUT2D eigenvalue weighted by molar-refractivity contribution is 1.65. The number of hydrogen-bond acceptors (Lipinski definition) is 0. The Bertz CT molecular complexity index is 614. The largest absolute Gasteiger partial charge is 0.172 e. The summed E-state index contributed by atoms with van der Waals surface area (Å²) in [6.45, 7) is 0. The Labute approximate surface area is 127 Å². The molecule has 0 aliphatic heterocycles. The SMILES string of the molecule is C(=C\C=C\c1ccccc1)/C=C/[CH-]/C=C/c1ccccc1. The van der Waals surface area contributed by atoms with Gasteiger partial charge in [-0.25, -0.2) is 0 Å². The molecule has 0 heteroatoms. The number of rotatable bonds is 6. The average molecular weight is 271 g/mol. The summed E-state index contributed by atoms with van der Waals surface area (Å²) in [5, 5.41) is 0. The van der Waals surface area contributed by atoms with Crippen molar-refractivity contribution >= 4 is 12.2 Å². The van der Waals surface area contributed by atoms with E-state index in [4.69, 9.17) is 0 Å². The zero-order valence-electron chi connectivity index (χ0n) is 12.0. The molecule has 2 aromatic carbocycles. The van der Waals surface area contributed by atoms with Gasteiger partial charge in [0, 0.05) is 0 Å². The van der Waals surface area contributed by atoms with Crippen LogP contribution in [-0.2, 0) is 0 Å². The van der Waals surface area contributed by atoms with Gasteiger partial charge >= 0.3 is 0 Å². The monoisotopic (exact) mass is 271 g/mol. The smallest absolute Gasteiger partial charge is 0.0257 e. The quantitative estimate of drug-likeness (QED) is 0.465. The first-order valence-corrected chi connectivity index (χ1v) is 7.07. The fourth-order valence-electron chi connectivity index (χ4n) is 1.78. The second-order valence-electron chi connectivity index (χ2n) is 4.50. The van der Waals surface area contributed by atoms with Gasteiger partial charge in [0.15, 0.2) is 0 Å². The number of allylic oxidation sites excluding steroid dienone is 6. The molecular weight excluding hydrogens is 252 g/mol. The van der Waals surface area contributed by atoms with E-state index in [9.17, 15) is 0 Å². The lowest BCUT2D eigenvalue weighted by Gasteiger charge is -1.95. The summed E-state index contributed by atoms with van der Waals surface area (Å²) < 4.78 is 0. The van der Waals surface area contributed by atoms with Gasteiger partial charge in [0.1, 0.15) is 0 Å². The van der Waals surface area contributed by atoms with Gasteiger partial charge in [0.25, 0.3) is 0 Å². The molecule has 0 saturated heterocycles. The summed E-state index contributed by atoms with van der Waals surface area (Å²) in [6, 6.07) is 20.5. The van der Waals surface area contributed by atoms with Crippen molar-refractivity contribution in [2.75, 3.05) is 0 Å². The van der Waals surface area contributed by atoms with E-state index in [1.165, 1.54) is 11.1 Å². The highest BCUT2D eigenvalue weighted by atomic mass is 13.9. The third-order valence-corrected chi connectivity index (χ3v) is 2.84. The molecule has 2 rings (SSSR count). The van der Waals surface area contributed by atoms with Crippen molar-refractivity contribution < 1.29 is 0 Å². The van der Waals surface area contributed by atoms with E-state index in [-0.39, 0.29) is 0 Å². The van der Waals surface area contributed by atoms with E-state index in [2.05, 4.69) is 36.4 Å². The predicted molar refractivity (Wildman–Crippen MR) is 93.5 cm³/mol. The van der Waals surface area contributed by atoms with Crippen molar-refractivity contribution in [2.45, 2.75) is 0 Å². The fraction of sp³-hybridized carbons (Fsp3) is 0. The van der Waals surface area contributed by atoms with Crippen LogP contribution in [0.3, 0.4) is 0 Å². The van der Waals surface area contributed by atoms with E-state index in [1.807, 2.05) is 79.3 Å². The molecule has 0 aliphatic rings. The summed E-state index contributed by atoms with van der Waals surface area (Å²) in [4.78, 5) is 0. The van der Waals surface area contributed by atoms with Gasteiger partial charge in [-0.15, -0.1) is 6.08 Å². The summed E-state index contributed by atoms with van der Waals surface area (Å²) in [6.07, 6.45) is 18.4. The molecule has 0 nitrogen and oxygen atoms in total. The molecule has 0 aliphatic carbocycles. The van der Waals surface area contributed by atoms with Crippen LogP contribution in [0.5, 0.6) is 0 Å². The first-order chi connectivity index (χ1) is 10.4. The summed E-state index contributed by atoms with van der Waals surface area (Å²) in [5.74, 6) is 0. The summed E-state index contributed by atoms with van der Waals surface area (Å²) >= 11 is 0.